The summed E-state index contributed by atoms with van der Waals surface area (Å²) in [5.41, 5.74) is 0.406. The number of aliphatic hydroxyl groups excluding tert-OH is 1. The predicted molar refractivity (Wildman–Crippen MR) is 88.1 cm³/mol. The second-order valence-electron chi connectivity index (χ2n) is 4.80. The largest absolute Gasteiger partial charge is 0.395 e. The SMILES string of the molecule is CSC(CO)C(C)NCc1nc2cc(Cl)ccc2c(=O)[nH]1. The van der Waals surface area contributed by atoms with E-state index in [1.165, 1.54) is 0 Å². The van der Waals surface area contributed by atoms with E-state index < -0.39 is 0 Å². The van der Waals surface area contributed by atoms with E-state index in [2.05, 4.69) is 15.3 Å². The van der Waals surface area contributed by atoms with Crippen molar-refractivity contribution in [1.82, 2.24) is 15.3 Å². The Morgan fingerprint density at radius 3 is 2.95 bits per heavy atom. The Balaban J connectivity index is 2.18. The fourth-order valence-corrected chi connectivity index (χ4v) is 2.89. The number of hydrogen-bond donors (Lipinski definition) is 3. The Bertz CT molecular complexity index is 673. The normalized spacial score (nSPS) is 14.3. The monoisotopic (exact) mass is 327 g/mol. The van der Waals surface area contributed by atoms with Gasteiger partial charge < -0.3 is 15.4 Å². The molecule has 0 amide bonds. The Morgan fingerprint density at radius 1 is 1.52 bits per heavy atom. The summed E-state index contributed by atoms with van der Waals surface area (Å²) in [6, 6.07) is 5.12. The summed E-state index contributed by atoms with van der Waals surface area (Å²) in [6.07, 6.45) is 1.96. The van der Waals surface area contributed by atoms with Crippen LogP contribution in [0.3, 0.4) is 0 Å². The Kier molecular flexibility index (Phi) is 5.64. The van der Waals surface area contributed by atoms with Crippen molar-refractivity contribution in [2.24, 2.45) is 0 Å². The van der Waals surface area contributed by atoms with Crippen LogP contribution in [0.4, 0.5) is 0 Å². The summed E-state index contributed by atoms with van der Waals surface area (Å²) < 4.78 is 0. The van der Waals surface area contributed by atoms with Crippen LogP contribution in [0.25, 0.3) is 10.9 Å². The van der Waals surface area contributed by atoms with Gasteiger partial charge in [0.25, 0.3) is 5.56 Å². The molecule has 1 heterocycles. The number of rotatable bonds is 6. The molecule has 7 heteroatoms. The summed E-state index contributed by atoms with van der Waals surface area (Å²) in [7, 11) is 0. The number of aliphatic hydroxyl groups is 1. The Hall–Kier alpha value is -1.08. The smallest absolute Gasteiger partial charge is 0.258 e. The molecule has 0 saturated carbocycles. The minimum absolute atomic E-state index is 0.102. The van der Waals surface area contributed by atoms with Crippen LogP contribution in [-0.4, -0.2) is 39.2 Å². The number of hydrogen-bond acceptors (Lipinski definition) is 5. The molecule has 1 aromatic carbocycles. The van der Waals surface area contributed by atoms with Crippen molar-refractivity contribution >= 4 is 34.3 Å². The first-order valence-corrected chi connectivity index (χ1v) is 8.27. The third kappa shape index (κ3) is 3.97. The number of benzene rings is 1. The summed E-state index contributed by atoms with van der Waals surface area (Å²) >= 11 is 7.53. The van der Waals surface area contributed by atoms with E-state index in [1.54, 1.807) is 30.0 Å². The molecule has 0 aliphatic rings. The molecule has 2 unspecified atom stereocenters. The van der Waals surface area contributed by atoms with Crippen molar-refractivity contribution in [3.63, 3.8) is 0 Å². The zero-order valence-corrected chi connectivity index (χ0v) is 13.5. The number of fused-ring (bicyclic) bond motifs is 1. The van der Waals surface area contributed by atoms with Gasteiger partial charge in [0.15, 0.2) is 0 Å². The van der Waals surface area contributed by atoms with Gasteiger partial charge in [-0.15, -0.1) is 0 Å². The molecule has 21 heavy (non-hydrogen) atoms. The molecule has 2 atom stereocenters. The summed E-state index contributed by atoms with van der Waals surface area (Å²) in [6.45, 7) is 2.52. The van der Waals surface area contributed by atoms with Crippen LogP contribution in [0.15, 0.2) is 23.0 Å². The van der Waals surface area contributed by atoms with Gasteiger partial charge in [-0.2, -0.15) is 11.8 Å². The first kappa shape index (κ1) is 16.3. The fourth-order valence-electron chi connectivity index (χ4n) is 2.07. The molecule has 0 bridgehead atoms. The zero-order chi connectivity index (χ0) is 15.4. The molecule has 0 saturated heterocycles. The molecule has 1 aromatic heterocycles. The molecular weight excluding hydrogens is 310 g/mol. The second-order valence-corrected chi connectivity index (χ2v) is 6.31. The highest BCUT2D eigenvalue weighted by Gasteiger charge is 2.15. The van der Waals surface area contributed by atoms with Crippen molar-refractivity contribution in [2.45, 2.75) is 24.8 Å². The number of nitrogens with one attached hydrogen (secondary N) is 2. The van der Waals surface area contributed by atoms with E-state index >= 15 is 0 Å². The first-order chi connectivity index (χ1) is 10.0. The number of H-pyrrole nitrogens is 1. The van der Waals surface area contributed by atoms with E-state index in [-0.39, 0.29) is 23.5 Å². The van der Waals surface area contributed by atoms with Gasteiger partial charge in [-0.1, -0.05) is 11.6 Å². The maximum absolute atomic E-state index is 12.0. The number of halogens is 1. The standard InChI is InChI=1S/C14H18ClN3O2S/c1-8(12(7-19)21-2)16-6-13-17-11-5-9(15)3-4-10(11)14(20)18-13/h3-5,8,12,16,19H,6-7H2,1-2H3,(H,17,18,20). The highest BCUT2D eigenvalue weighted by Crippen LogP contribution is 2.15. The zero-order valence-electron chi connectivity index (χ0n) is 11.9. The maximum Gasteiger partial charge on any atom is 0.258 e. The molecule has 0 fully saturated rings. The van der Waals surface area contributed by atoms with Gasteiger partial charge in [0.2, 0.25) is 0 Å². The lowest BCUT2D eigenvalue weighted by atomic mass is 10.2. The van der Waals surface area contributed by atoms with Crippen molar-refractivity contribution in [3.05, 3.63) is 39.4 Å². The third-order valence-electron chi connectivity index (χ3n) is 3.35. The lowest BCUT2D eigenvalue weighted by molar-refractivity contribution is 0.275. The molecule has 3 N–H and O–H groups in total. The topological polar surface area (TPSA) is 78.0 Å². The second kappa shape index (κ2) is 7.26. The highest BCUT2D eigenvalue weighted by atomic mass is 35.5. The molecule has 5 nitrogen and oxygen atoms in total. The van der Waals surface area contributed by atoms with Gasteiger partial charge in [0.1, 0.15) is 5.82 Å². The molecule has 0 radical (unpaired) electrons. The summed E-state index contributed by atoms with van der Waals surface area (Å²) in [5.74, 6) is 0.555. The predicted octanol–water partition coefficient (Wildman–Crippen LogP) is 1.78. The first-order valence-electron chi connectivity index (χ1n) is 6.60. The van der Waals surface area contributed by atoms with E-state index in [1.807, 2.05) is 13.2 Å². The quantitative estimate of drug-likeness (QED) is 0.754. The van der Waals surface area contributed by atoms with Crippen LogP contribution >= 0.6 is 23.4 Å². The Morgan fingerprint density at radius 2 is 2.29 bits per heavy atom. The van der Waals surface area contributed by atoms with Gasteiger partial charge in [0, 0.05) is 16.3 Å². The number of nitrogens with zero attached hydrogens (tertiary/aromatic N) is 1. The molecular formula is C14H18ClN3O2S. The summed E-state index contributed by atoms with van der Waals surface area (Å²) in [4.78, 5) is 19.2. The Labute approximate surface area is 132 Å². The van der Waals surface area contributed by atoms with Gasteiger partial charge in [0.05, 0.1) is 24.1 Å². The minimum Gasteiger partial charge on any atom is -0.395 e. The fraction of sp³-hybridized carbons (Fsp3) is 0.429. The average molecular weight is 328 g/mol. The van der Waals surface area contributed by atoms with Crippen LogP contribution in [0.1, 0.15) is 12.7 Å². The van der Waals surface area contributed by atoms with Crippen LogP contribution in [0.2, 0.25) is 5.02 Å². The van der Waals surface area contributed by atoms with E-state index in [9.17, 15) is 9.90 Å². The third-order valence-corrected chi connectivity index (χ3v) is 4.75. The number of aromatic amines is 1. The number of thioether (sulfide) groups is 1. The average Bonchev–Trinajstić information content (AvgIpc) is 2.46. The lowest BCUT2D eigenvalue weighted by Gasteiger charge is -2.21. The number of aromatic nitrogens is 2. The van der Waals surface area contributed by atoms with E-state index in [4.69, 9.17) is 11.6 Å². The molecule has 2 aromatic rings. The maximum atomic E-state index is 12.0. The van der Waals surface area contributed by atoms with Crippen LogP contribution in [-0.2, 0) is 6.54 Å². The van der Waals surface area contributed by atoms with Gasteiger partial charge in [-0.25, -0.2) is 4.98 Å². The minimum atomic E-state index is -0.176. The van der Waals surface area contributed by atoms with E-state index in [0.29, 0.717) is 28.3 Å². The highest BCUT2D eigenvalue weighted by molar-refractivity contribution is 7.99. The van der Waals surface area contributed by atoms with Crippen LogP contribution in [0.5, 0.6) is 0 Å². The lowest BCUT2D eigenvalue weighted by Crippen LogP contribution is -2.37. The van der Waals surface area contributed by atoms with Gasteiger partial charge in [-0.05, 0) is 31.4 Å². The van der Waals surface area contributed by atoms with Gasteiger partial charge in [-0.3, -0.25) is 4.79 Å². The van der Waals surface area contributed by atoms with Crippen molar-refractivity contribution < 1.29 is 5.11 Å². The van der Waals surface area contributed by atoms with Crippen LogP contribution < -0.4 is 10.9 Å². The molecule has 0 spiro atoms. The molecule has 0 aliphatic carbocycles. The molecule has 0 aliphatic heterocycles. The van der Waals surface area contributed by atoms with Crippen molar-refractivity contribution in [1.29, 1.82) is 0 Å². The van der Waals surface area contributed by atoms with Crippen molar-refractivity contribution in [3.8, 4) is 0 Å². The summed E-state index contributed by atoms with van der Waals surface area (Å²) in [5, 5.41) is 13.7. The van der Waals surface area contributed by atoms with Crippen molar-refractivity contribution in [2.75, 3.05) is 12.9 Å². The molecule has 114 valence electrons. The van der Waals surface area contributed by atoms with E-state index in [0.717, 1.165) is 0 Å². The molecule has 2 rings (SSSR count). The van der Waals surface area contributed by atoms with Gasteiger partial charge >= 0.3 is 0 Å². The van der Waals surface area contributed by atoms with Crippen LogP contribution in [0, 0.1) is 0 Å².